The zero-order chi connectivity index (χ0) is 33.8. The monoisotopic (exact) mass is 717 g/mol. The van der Waals surface area contributed by atoms with E-state index in [1.54, 1.807) is 9.56 Å². The highest BCUT2D eigenvalue weighted by atomic mass is 31.3. The minimum absolute atomic E-state index is 0.568. The first-order valence-electron chi connectivity index (χ1n) is 15.9. The molecule has 14 heteroatoms. The minimum atomic E-state index is -3.78. The maximum atomic E-state index is 6.99. The summed E-state index contributed by atoms with van der Waals surface area (Å²) in [7, 11) is -7.40. The van der Waals surface area contributed by atoms with Crippen LogP contribution in [0.3, 0.4) is 0 Å². The molecule has 0 saturated carbocycles. The molecule has 5 aliphatic rings. The molecule has 0 atom stereocenters. The predicted octanol–water partition coefficient (Wildman–Crippen LogP) is 10.9. The van der Waals surface area contributed by atoms with Gasteiger partial charge in [0.15, 0.2) is 0 Å². The largest absolute Gasteiger partial charge is 0.458 e. The lowest BCUT2D eigenvalue weighted by atomic mass is 10.0. The van der Waals surface area contributed by atoms with E-state index in [0.29, 0.717) is 23.0 Å². The maximum absolute atomic E-state index is 6.99. The summed E-state index contributed by atoms with van der Waals surface area (Å²) in [6.07, 6.45) is 15.4. The predicted molar refractivity (Wildman–Crippen MR) is 201 cm³/mol. The molecule has 2 aliphatic carbocycles. The Bertz CT molecular complexity index is 2170. The van der Waals surface area contributed by atoms with Crippen LogP contribution in [0.4, 0.5) is 0 Å². The molecule has 11 nitrogen and oxygen atoms in total. The molecule has 4 aromatic carbocycles. The number of para-hydroxylation sites is 4. The lowest BCUT2D eigenvalue weighted by molar-refractivity contribution is 0.453. The molecule has 0 saturated heterocycles. The second-order valence-electron chi connectivity index (χ2n) is 11.6. The molecule has 2 spiro atoms. The molecule has 248 valence electrons. The Morgan fingerprint density at radius 1 is 0.440 bits per heavy atom. The summed E-state index contributed by atoms with van der Waals surface area (Å²) in [4.78, 5) is 0. The second-order valence-corrected chi connectivity index (χ2v) is 18.7. The number of nitrogens with zero attached hydrogens (tertiary/aromatic N) is 7. The molecular weight excluding hydrogens is 687 g/mol. The van der Waals surface area contributed by atoms with E-state index in [-0.39, 0.29) is 0 Å². The van der Waals surface area contributed by atoms with Gasteiger partial charge in [0, 0.05) is 36.3 Å². The van der Waals surface area contributed by atoms with Crippen LogP contribution in [-0.2, 0) is 0 Å². The number of allylic oxidation sites excluding steroid dienone is 8. The van der Waals surface area contributed by atoms with Crippen LogP contribution in [0.2, 0.25) is 0 Å². The van der Waals surface area contributed by atoms with E-state index in [9.17, 15) is 0 Å². The van der Waals surface area contributed by atoms with E-state index >= 15 is 0 Å². The van der Waals surface area contributed by atoms with Crippen LogP contribution in [0.1, 0.15) is 0 Å². The fourth-order valence-corrected chi connectivity index (χ4v) is 16.5. The number of rotatable bonds is 4. The first kappa shape index (κ1) is 30.7. The fraction of sp³-hybridized carbons (Fsp3) is 0.0556. The van der Waals surface area contributed by atoms with Gasteiger partial charge in [0.25, 0.3) is 0 Å². The average molecular weight is 718 g/mol. The quantitative estimate of drug-likeness (QED) is 0.154. The van der Waals surface area contributed by atoms with Crippen LogP contribution in [0.5, 0.6) is 23.0 Å². The van der Waals surface area contributed by atoms with E-state index in [0.717, 1.165) is 33.7 Å². The SMILES string of the molecule is CN(N=C1C=CC=C1)P1(N(C)N=C2C=CC=C2)=NP2(=NP3(=N1)Oc1ccccc1-c1ccccc1O3)Oc1ccccc1-c1ccccc1O2. The summed E-state index contributed by atoms with van der Waals surface area (Å²) in [5.74, 6) is 2.27. The van der Waals surface area contributed by atoms with E-state index in [4.69, 9.17) is 41.8 Å². The number of hydrazone groups is 2. The smallest absolute Gasteiger partial charge is 0.413 e. The van der Waals surface area contributed by atoms with Crippen molar-refractivity contribution >= 4 is 34.2 Å². The first-order chi connectivity index (χ1) is 24.4. The van der Waals surface area contributed by atoms with Gasteiger partial charge in [0.1, 0.15) is 23.0 Å². The van der Waals surface area contributed by atoms with Crippen molar-refractivity contribution in [2.45, 2.75) is 0 Å². The van der Waals surface area contributed by atoms with Crippen molar-refractivity contribution in [1.29, 1.82) is 0 Å². The minimum Gasteiger partial charge on any atom is -0.413 e. The van der Waals surface area contributed by atoms with Crippen LogP contribution in [-0.4, -0.2) is 35.1 Å². The van der Waals surface area contributed by atoms with Crippen LogP contribution in [0, 0.1) is 0 Å². The molecule has 4 aromatic rings. The Morgan fingerprint density at radius 3 is 1.12 bits per heavy atom. The highest BCUT2D eigenvalue weighted by Crippen LogP contribution is 2.81. The second kappa shape index (κ2) is 11.9. The lowest BCUT2D eigenvalue weighted by Crippen LogP contribution is -2.23. The Labute approximate surface area is 289 Å². The normalized spacial score (nSPS) is 18.6. The van der Waals surface area contributed by atoms with Crippen molar-refractivity contribution in [3.8, 4) is 45.3 Å². The first-order valence-corrected chi connectivity index (χ1v) is 20.5. The van der Waals surface area contributed by atoms with Gasteiger partial charge in [0.2, 0.25) is 0 Å². The molecule has 3 heterocycles. The third-order valence-electron chi connectivity index (χ3n) is 8.28. The molecule has 50 heavy (non-hydrogen) atoms. The van der Waals surface area contributed by atoms with Crippen LogP contribution in [0.25, 0.3) is 22.3 Å². The van der Waals surface area contributed by atoms with Crippen molar-refractivity contribution < 1.29 is 18.1 Å². The standard InChI is InChI=1S/C36H30N7O4P3/c1-42(37-27-15-3-4-16-27)48(43(2)38-28-17-5-6-18-28)39-49(44-33-23-11-7-19-29(33)30-20-8-12-24-34(30)45-49)41-50(40-48)46-35-25-13-9-21-31(35)32-22-10-14-26-36(32)47-50/h3-26H,1-2H3. The van der Waals surface area contributed by atoms with Gasteiger partial charge in [0.05, 0.1) is 11.4 Å². The fourth-order valence-electron chi connectivity index (χ4n) is 6.00. The molecule has 3 aliphatic heterocycles. The molecule has 0 amide bonds. The molecule has 9 rings (SSSR count). The average Bonchev–Trinajstić information content (AvgIpc) is 3.79. The van der Waals surface area contributed by atoms with Crippen LogP contribution >= 0.6 is 22.8 Å². The van der Waals surface area contributed by atoms with Gasteiger partial charge in [-0.15, -0.1) is 9.03 Å². The highest BCUT2D eigenvalue weighted by Gasteiger charge is 2.51. The van der Waals surface area contributed by atoms with Crippen molar-refractivity contribution in [3.63, 3.8) is 0 Å². The molecule has 0 fully saturated rings. The molecule has 0 radical (unpaired) electrons. The number of hydrogen-bond acceptors (Lipinski definition) is 11. The van der Waals surface area contributed by atoms with Crippen LogP contribution in [0.15, 0.2) is 169 Å². The molecular formula is C36H30N7O4P3. The van der Waals surface area contributed by atoms with Crippen molar-refractivity contribution in [2.24, 2.45) is 23.7 Å². The van der Waals surface area contributed by atoms with Gasteiger partial charge in [-0.05, 0) is 48.6 Å². The van der Waals surface area contributed by atoms with Crippen LogP contribution < -0.4 is 18.1 Å². The van der Waals surface area contributed by atoms with Gasteiger partial charge in [-0.1, -0.05) is 102 Å². The number of benzene rings is 4. The van der Waals surface area contributed by atoms with Gasteiger partial charge in [-0.25, -0.2) is 9.56 Å². The van der Waals surface area contributed by atoms with E-state index in [2.05, 4.69) is 0 Å². The highest BCUT2D eigenvalue weighted by molar-refractivity contribution is 7.80. The number of hydrogen-bond donors (Lipinski definition) is 0. The molecule has 0 unspecified atom stereocenters. The molecule has 0 N–H and O–H groups in total. The van der Waals surface area contributed by atoms with Gasteiger partial charge in [-0.2, -0.15) is 10.2 Å². The number of fused-ring (bicyclic) bond motifs is 6. The summed E-state index contributed by atoms with van der Waals surface area (Å²) in [6.45, 7) is 0. The summed E-state index contributed by atoms with van der Waals surface area (Å²) in [5.41, 5.74) is 4.86. The van der Waals surface area contributed by atoms with E-state index in [1.807, 2.05) is 160 Å². The summed E-state index contributed by atoms with van der Waals surface area (Å²) in [5, 5.41) is 10.0. The Balaban J connectivity index is 1.39. The zero-order valence-electron chi connectivity index (χ0n) is 27.0. The Morgan fingerprint density at radius 2 is 0.760 bits per heavy atom. The van der Waals surface area contributed by atoms with Gasteiger partial charge >= 0.3 is 22.8 Å². The third kappa shape index (κ3) is 5.26. The Hall–Kier alpha value is -5.33. The van der Waals surface area contributed by atoms with Gasteiger partial charge < -0.3 is 18.1 Å². The van der Waals surface area contributed by atoms with E-state index in [1.165, 1.54) is 0 Å². The molecule has 0 bridgehead atoms. The summed E-state index contributed by atoms with van der Waals surface area (Å²) in [6, 6.07) is 31.2. The van der Waals surface area contributed by atoms with Crippen molar-refractivity contribution in [2.75, 3.05) is 14.1 Å². The van der Waals surface area contributed by atoms with Crippen molar-refractivity contribution in [1.82, 2.24) is 9.56 Å². The topological polar surface area (TPSA) is 105 Å². The molecule has 0 aromatic heterocycles. The summed E-state index contributed by atoms with van der Waals surface area (Å²) < 4.78 is 47.8. The van der Waals surface area contributed by atoms with Crippen molar-refractivity contribution in [3.05, 3.63) is 146 Å². The Kier molecular flexibility index (Phi) is 7.32. The van der Waals surface area contributed by atoms with E-state index < -0.39 is 22.8 Å². The summed E-state index contributed by atoms with van der Waals surface area (Å²) >= 11 is 0. The zero-order valence-corrected chi connectivity index (χ0v) is 29.6. The maximum Gasteiger partial charge on any atom is 0.458 e. The lowest BCUT2D eigenvalue weighted by Gasteiger charge is -2.38. The third-order valence-corrected chi connectivity index (χ3v) is 17.3. The van der Waals surface area contributed by atoms with Gasteiger partial charge in [-0.3, -0.25) is 0 Å².